The highest BCUT2D eigenvalue weighted by atomic mass is 16.3. The summed E-state index contributed by atoms with van der Waals surface area (Å²) in [7, 11) is 0. The summed E-state index contributed by atoms with van der Waals surface area (Å²) in [5.74, 6) is 0. The van der Waals surface area contributed by atoms with Crippen molar-refractivity contribution >= 4 is 0 Å². The molecule has 0 aromatic carbocycles. The van der Waals surface area contributed by atoms with Crippen LogP contribution in [0.3, 0.4) is 0 Å². The highest BCUT2D eigenvalue weighted by molar-refractivity contribution is 4.83. The van der Waals surface area contributed by atoms with Gasteiger partial charge in [-0.2, -0.15) is 0 Å². The second-order valence-corrected chi connectivity index (χ2v) is 7.40. The molecular weight excluding hydrogens is 274 g/mol. The largest absolute Gasteiger partial charge is 0.392 e. The van der Waals surface area contributed by atoms with Crippen molar-refractivity contribution < 1.29 is 5.11 Å². The van der Waals surface area contributed by atoms with E-state index in [-0.39, 0.29) is 6.10 Å². The van der Waals surface area contributed by atoms with Gasteiger partial charge in [-0.05, 0) is 59.2 Å². The van der Waals surface area contributed by atoms with Gasteiger partial charge in [0, 0.05) is 38.3 Å². The lowest BCUT2D eigenvalue weighted by atomic mass is 9.96. The number of hydrogen-bond acceptors (Lipinski definition) is 4. The van der Waals surface area contributed by atoms with Gasteiger partial charge >= 0.3 is 0 Å². The van der Waals surface area contributed by atoms with Crippen molar-refractivity contribution in [3.05, 3.63) is 0 Å². The van der Waals surface area contributed by atoms with Crippen molar-refractivity contribution in [3.63, 3.8) is 0 Å². The Morgan fingerprint density at radius 1 is 1.00 bits per heavy atom. The van der Waals surface area contributed by atoms with E-state index < -0.39 is 0 Å². The van der Waals surface area contributed by atoms with E-state index in [1.807, 2.05) is 0 Å². The van der Waals surface area contributed by atoms with E-state index in [1.54, 1.807) is 0 Å². The van der Waals surface area contributed by atoms with Crippen molar-refractivity contribution in [2.75, 3.05) is 45.8 Å². The van der Waals surface area contributed by atoms with Crippen molar-refractivity contribution in [2.45, 2.75) is 71.1 Å². The van der Waals surface area contributed by atoms with Crippen molar-refractivity contribution in [2.24, 2.45) is 0 Å². The number of rotatable bonds is 7. The summed E-state index contributed by atoms with van der Waals surface area (Å²) in [5, 5.41) is 10.2. The van der Waals surface area contributed by atoms with Crippen molar-refractivity contribution in [1.82, 2.24) is 14.7 Å². The van der Waals surface area contributed by atoms with Crippen LogP contribution in [0.1, 0.15) is 52.9 Å². The van der Waals surface area contributed by atoms with Gasteiger partial charge in [0.05, 0.1) is 6.10 Å². The van der Waals surface area contributed by atoms with Crippen LogP contribution in [0.4, 0.5) is 0 Å². The molecule has 0 aromatic rings. The molecule has 0 saturated carbocycles. The lowest BCUT2D eigenvalue weighted by Crippen LogP contribution is -2.50. The fraction of sp³-hybridized carbons (Fsp3) is 1.00. The first kappa shape index (κ1) is 18.2. The predicted molar refractivity (Wildman–Crippen MR) is 93.3 cm³/mol. The van der Waals surface area contributed by atoms with E-state index in [0.29, 0.717) is 12.1 Å². The van der Waals surface area contributed by atoms with Gasteiger partial charge in [-0.1, -0.05) is 13.3 Å². The third kappa shape index (κ3) is 5.19. The molecule has 22 heavy (non-hydrogen) atoms. The van der Waals surface area contributed by atoms with Gasteiger partial charge in [0.15, 0.2) is 0 Å². The maximum absolute atomic E-state index is 10.2. The maximum atomic E-state index is 10.2. The van der Waals surface area contributed by atoms with Crippen LogP contribution < -0.4 is 0 Å². The monoisotopic (exact) mass is 311 g/mol. The van der Waals surface area contributed by atoms with E-state index in [2.05, 4.69) is 35.5 Å². The molecule has 2 aliphatic heterocycles. The first-order valence-electron chi connectivity index (χ1n) is 9.50. The zero-order valence-corrected chi connectivity index (χ0v) is 15.0. The molecule has 2 atom stereocenters. The Hall–Kier alpha value is -0.160. The molecule has 0 bridgehead atoms. The quantitative estimate of drug-likeness (QED) is 0.779. The van der Waals surface area contributed by atoms with Crippen LogP contribution in [-0.2, 0) is 0 Å². The molecule has 0 aromatic heterocycles. The van der Waals surface area contributed by atoms with Crippen LogP contribution >= 0.6 is 0 Å². The number of nitrogens with zero attached hydrogens (tertiary/aromatic N) is 3. The van der Waals surface area contributed by atoms with Crippen LogP contribution in [0.5, 0.6) is 0 Å². The van der Waals surface area contributed by atoms with Gasteiger partial charge in [0.1, 0.15) is 0 Å². The summed E-state index contributed by atoms with van der Waals surface area (Å²) in [6.07, 6.45) is 5.78. The standard InChI is InChI=1S/C18H37N3O/c1-4-18(22)17-8-5-6-10-21(17)11-7-9-19-12-14-20(15-13-19)16(2)3/h16-18,22H,4-15H2,1-3H3. The van der Waals surface area contributed by atoms with E-state index in [0.717, 1.165) is 13.0 Å². The Morgan fingerprint density at radius 3 is 2.36 bits per heavy atom. The minimum atomic E-state index is -0.130. The summed E-state index contributed by atoms with van der Waals surface area (Å²) in [5.41, 5.74) is 0. The number of piperazine rings is 1. The van der Waals surface area contributed by atoms with Gasteiger partial charge < -0.3 is 10.0 Å². The molecule has 2 fully saturated rings. The van der Waals surface area contributed by atoms with Gasteiger partial charge in [0.2, 0.25) is 0 Å². The summed E-state index contributed by atoms with van der Waals surface area (Å²) >= 11 is 0. The van der Waals surface area contributed by atoms with Crippen LogP contribution in [0.2, 0.25) is 0 Å². The van der Waals surface area contributed by atoms with E-state index in [9.17, 15) is 5.11 Å². The van der Waals surface area contributed by atoms with Gasteiger partial charge in [0.25, 0.3) is 0 Å². The molecule has 0 aliphatic carbocycles. The molecule has 1 N–H and O–H groups in total. The molecule has 0 spiro atoms. The van der Waals surface area contributed by atoms with Gasteiger partial charge in [-0.3, -0.25) is 9.80 Å². The van der Waals surface area contributed by atoms with Crippen LogP contribution in [0.25, 0.3) is 0 Å². The van der Waals surface area contributed by atoms with Crippen LogP contribution in [-0.4, -0.2) is 83.8 Å². The third-order valence-electron chi connectivity index (χ3n) is 5.58. The highest BCUT2D eigenvalue weighted by Gasteiger charge is 2.27. The molecule has 2 unspecified atom stereocenters. The van der Waals surface area contributed by atoms with E-state index >= 15 is 0 Å². The zero-order chi connectivity index (χ0) is 15.9. The SMILES string of the molecule is CCC(O)C1CCCCN1CCCN1CCN(C(C)C)CC1. The molecule has 4 nitrogen and oxygen atoms in total. The van der Waals surface area contributed by atoms with E-state index in [1.165, 1.54) is 65.0 Å². The lowest BCUT2D eigenvalue weighted by Gasteiger charge is -2.39. The molecule has 2 rings (SSSR count). The summed E-state index contributed by atoms with van der Waals surface area (Å²) in [6, 6.07) is 1.10. The first-order valence-corrected chi connectivity index (χ1v) is 9.50. The maximum Gasteiger partial charge on any atom is 0.0692 e. The molecule has 4 heteroatoms. The summed E-state index contributed by atoms with van der Waals surface area (Å²) in [6.45, 7) is 15.1. The molecule has 2 saturated heterocycles. The fourth-order valence-corrected chi connectivity index (χ4v) is 4.00. The van der Waals surface area contributed by atoms with Crippen molar-refractivity contribution in [1.29, 1.82) is 0 Å². The minimum Gasteiger partial charge on any atom is -0.392 e. The van der Waals surface area contributed by atoms with Crippen LogP contribution in [0.15, 0.2) is 0 Å². The molecule has 130 valence electrons. The fourth-order valence-electron chi connectivity index (χ4n) is 4.00. The number of piperidine rings is 1. The Kier molecular flexibility index (Phi) is 7.61. The highest BCUT2D eigenvalue weighted by Crippen LogP contribution is 2.21. The molecule has 2 heterocycles. The summed E-state index contributed by atoms with van der Waals surface area (Å²) < 4.78 is 0. The number of hydrogen-bond donors (Lipinski definition) is 1. The Bertz CT molecular complexity index is 303. The molecular formula is C18H37N3O. The Balaban J connectivity index is 1.67. The number of aliphatic hydroxyl groups is 1. The molecule has 0 amide bonds. The van der Waals surface area contributed by atoms with Gasteiger partial charge in [-0.15, -0.1) is 0 Å². The summed E-state index contributed by atoms with van der Waals surface area (Å²) in [4.78, 5) is 7.75. The zero-order valence-electron chi connectivity index (χ0n) is 15.0. The number of likely N-dealkylation sites (tertiary alicyclic amines) is 1. The second kappa shape index (κ2) is 9.21. The third-order valence-corrected chi connectivity index (χ3v) is 5.58. The smallest absolute Gasteiger partial charge is 0.0692 e. The lowest BCUT2D eigenvalue weighted by molar-refractivity contribution is 0.0208. The van der Waals surface area contributed by atoms with Crippen molar-refractivity contribution in [3.8, 4) is 0 Å². The minimum absolute atomic E-state index is 0.130. The Labute approximate surface area is 137 Å². The average molecular weight is 312 g/mol. The van der Waals surface area contributed by atoms with Gasteiger partial charge in [-0.25, -0.2) is 0 Å². The first-order chi connectivity index (χ1) is 10.6. The average Bonchev–Trinajstić information content (AvgIpc) is 2.55. The van der Waals surface area contributed by atoms with E-state index in [4.69, 9.17) is 0 Å². The molecule has 0 radical (unpaired) electrons. The number of aliphatic hydroxyl groups excluding tert-OH is 1. The molecule has 2 aliphatic rings. The normalized spacial score (nSPS) is 27.4. The Morgan fingerprint density at radius 2 is 1.73 bits per heavy atom. The predicted octanol–water partition coefficient (Wildman–Crippen LogP) is 2.03. The van der Waals surface area contributed by atoms with Crippen LogP contribution in [0, 0.1) is 0 Å². The second-order valence-electron chi connectivity index (χ2n) is 7.40. The topological polar surface area (TPSA) is 30.0 Å².